The molecule has 4 rings (SSSR count). The van der Waals surface area contributed by atoms with Crippen molar-refractivity contribution in [2.75, 3.05) is 25.5 Å². The third-order valence-corrected chi connectivity index (χ3v) is 5.67. The van der Waals surface area contributed by atoms with Gasteiger partial charge in [0.1, 0.15) is 29.5 Å². The normalized spacial score (nSPS) is 13.6. The fourth-order valence-corrected chi connectivity index (χ4v) is 3.39. The van der Waals surface area contributed by atoms with Gasteiger partial charge in [0.25, 0.3) is 5.91 Å². The van der Waals surface area contributed by atoms with Crippen LogP contribution in [0, 0.1) is 6.92 Å². The molecule has 0 bridgehead atoms. The number of benzene rings is 1. The molecule has 0 spiro atoms. The summed E-state index contributed by atoms with van der Waals surface area (Å²) >= 11 is 0. The Morgan fingerprint density at radius 2 is 1.97 bits per heavy atom. The van der Waals surface area contributed by atoms with Crippen LogP contribution in [0.15, 0.2) is 35.5 Å². The SMILES string of the molecule is C=C(C)c1nc(OC2CNC2)nc(OC)c1NC(=O)c1coc(Oc2cc(C(C)(C)C)ccc2C)n1. The summed E-state index contributed by atoms with van der Waals surface area (Å²) in [6.45, 7) is 15.4. The standard InChI is InChI=1S/C26H31N5O5/c1-14(2)20-21(23(33-7)31-24(30-20)35-17-11-27-12-17)29-22(32)18-13-34-25(28-18)36-19-10-16(26(4,5)6)9-8-15(19)3/h8-10,13,17,27H,1,11-12H2,2-7H3,(H,29,32). The van der Waals surface area contributed by atoms with Gasteiger partial charge in [-0.15, -0.1) is 0 Å². The number of nitrogens with zero attached hydrogens (tertiary/aromatic N) is 3. The molecule has 1 aromatic carbocycles. The number of nitrogens with one attached hydrogen (secondary N) is 2. The Bertz CT molecular complexity index is 1290. The van der Waals surface area contributed by atoms with Crippen molar-refractivity contribution in [2.24, 2.45) is 0 Å². The van der Waals surface area contributed by atoms with Crippen molar-refractivity contribution in [1.82, 2.24) is 20.3 Å². The van der Waals surface area contributed by atoms with Crippen LogP contribution in [0.2, 0.25) is 0 Å². The van der Waals surface area contributed by atoms with Crippen LogP contribution in [0.5, 0.6) is 23.7 Å². The van der Waals surface area contributed by atoms with E-state index in [1.807, 2.05) is 19.1 Å². The van der Waals surface area contributed by atoms with Crippen molar-refractivity contribution in [3.63, 3.8) is 0 Å². The minimum Gasteiger partial charge on any atom is -0.479 e. The zero-order valence-corrected chi connectivity index (χ0v) is 21.4. The summed E-state index contributed by atoms with van der Waals surface area (Å²) < 4.78 is 22.5. The van der Waals surface area contributed by atoms with E-state index in [4.69, 9.17) is 18.6 Å². The molecule has 0 atom stereocenters. The summed E-state index contributed by atoms with van der Waals surface area (Å²) in [6, 6.07) is 6.14. The molecule has 0 unspecified atom stereocenters. The Kier molecular flexibility index (Phi) is 6.98. The predicted octanol–water partition coefficient (Wildman–Crippen LogP) is 4.51. The lowest BCUT2D eigenvalue weighted by molar-refractivity contribution is 0.102. The molecule has 3 aromatic rings. The molecule has 1 aliphatic heterocycles. The number of rotatable bonds is 8. The van der Waals surface area contributed by atoms with Crippen molar-refractivity contribution < 1.29 is 23.4 Å². The van der Waals surface area contributed by atoms with Crippen molar-refractivity contribution in [3.8, 4) is 23.7 Å². The smallest absolute Gasteiger partial charge is 0.399 e. The van der Waals surface area contributed by atoms with E-state index < -0.39 is 5.91 Å². The second-order valence-electron chi connectivity index (χ2n) is 9.70. The lowest BCUT2D eigenvalue weighted by atomic mass is 9.86. The topological polar surface area (TPSA) is 121 Å². The Morgan fingerprint density at radius 3 is 2.58 bits per heavy atom. The molecule has 3 heterocycles. The van der Waals surface area contributed by atoms with Gasteiger partial charge in [-0.3, -0.25) is 4.79 Å². The molecule has 1 fully saturated rings. The summed E-state index contributed by atoms with van der Waals surface area (Å²) in [5.74, 6) is 0.205. The first-order chi connectivity index (χ1) is 17.0. The Labute approximate surface area is 210 Å². The molecule has 1 amide bonds. The van der Waals surface area contributed by atoms with Gasteiger partial charge in [-0.2, -0.15) is 15.0 Å². The van der Waals surface area contributed by atoms with E-state index in [1.165, 1.54) is 13.4 Å². The molecule has 2 N–H and O–H groups in total. The highest BCUT2D eigenvalue weighted by Gasteiger charge is 2.25. The Hall–Kier alpha value is -3.92. The van der Waals surface area contributed by atoms with Crippen LogP contribution in [0.3, 0.4) is 0 Å². The fourth-order valence-electron chi connectivity index (χ4n) is 3.39. The van der Waals surface area contributed by atoms with Crippen LogP contribution in [-0.2, 0) is 5.41 Å². The predicted molar refractivity (Wildman–Crippen MR) is 135 cm³/mol. The molecule has 10 nitrogen and oxygen atoms in total. The van der Waals surface area contributed by atoms with Gasteiger partial charge in [-0.05, 0) is 42.0 Å². The summed E-state index contributed by atoms with van der Waals surface area (Å²) in [7, 11) is 1.45. The molecule has 2 aromatic heterocycles. The number of amides is 1. The number of anilines is 1. The van der Waals surface area contributed by atoms with E-state index in [0.29, 0.717) is 30.1 Å². The van der Waals surface area contributed by atoms with Crippen LogP contribution in [0.4, 0.5) is 5.69 Å². The first-order valence-corrected chi connectivity index (χ1v) is 11.6. The quantitative estimate of drug-likeness (QED) is 0.467. The molecule has 1 saturated heterocycles. The van der Waals surface area contributed by atoms with Gasteiger partial charge in [0.05, 0.1) is 7.11 Å². The average molecular weight is 494 g/mol. The van der Waals surface area contributed by atoms with Gasteiger partial charge in [-0.25, -0.2) is 0 Å². The molecular formula is C26H31N5O5. The van der Waals surface area contributed by atoms with Gasteiger partial charge in [-0.1, -0.05) is 39.5 Å². The number of allylic oxidation sites excluding steroid dienone is 1. The molecule has 0 radical (unpaired) electrons. The Morgan fingerprint density at radius 1 is 1.22 bits per heavy atom. The van der Waals surface area contributed by atoms with Crippen LogP contribution in [-0.4, -0.2) is 47.2 Å². The van der Waals surface area contributed by atoms with Crippen molar-refractivity contribution in [2.45, 2.75) is 46.1 Å². The summed E-state index contributed by atoms with van der Waals surface area (Å²) in [4.78, 5) is 25.9. The zero-order valence-electron chi connectivity index (χ0n) is 21.4. The van der Waals surface area contributed by atoms with Crippen molar-refractivity contribution in [1.29, 1.82) is 0 Å². The number of methoxy groups -OCH3 is 1. The van der Waals surface area contributed by atoms with E-state index >= 15 is 0 Å². The number of hydrogen-bond acceptors (Lipinski definition) is 9. The number of oxazole rings is 1. The Balaban J connectivity index is 1.55. The summed E-state index contributed by atoms with van der Waals surface area (Å²) in [5, 5.41) is 5.88. The minimum atomic E-state index is -0.546. The monoisotopic (exact) mass is 493 g/mol. The number of aromatic nitrogens is 3. The van der Waals surface area contributed by atoms with Crippen molar-refractivity contribution >= 4 is 17.2 Å². The molecule has 0 aliphatic carbocycles. The third kappa shape index (κ3) is 5.49. The first-order valence-electron chi connectivity index (χ1n) is 11.6. The van der Waals surface area contributed by atoms with E-state index in [1.54, 1.807) is 6.92 Å². The van der Waals surface area contributed by atoms with E-state index in [0.717, 1.165) is 11.1 Å². The molecule has 1 aliphatic rings. The highest BCUT2D eigenvalue weighted by atomic mass is 16.6. The van der Waals surface area contributed by atoms with Crippen molar-refractivity contribution in [3.05, 3.63) is 53.6 Å². The van der Waals surface area contributed by atoms with Crippen LogP contribution in [0.1, 0.15) is 55.0 Å². The minimum absolute atomic E-state index is 0.0187. The zero-order chi connectivity index (χ0) is 26.0. The van der Waals surface area contributed by atoms with E-state index in [2.05, 4.69) is 59.0 Å². The number of carbonyl (C=O) groups is 1. The molecule has 36 heavy (non-hydrogen) atoms. The number of aryl methyl sites for hydroxylation is 1. The lowest BCUT2D eigenvalue weighted by Crippen LogP contribution is -2.50. The maximum absolute atomic E-state index is 13.0. The summed E-state index contributed by atoms with van der Waals surface area (Å²) in [6.07, 6.45) is 1.16. The highest BCUT2D eigenvalue weighted by Crippen LogP contribution is 2.33. The van der Waals surface area contributed by atoms with Gasteiger partial charge < -0.3 is 29.3 Å². The van der Waals surface area contributed by atoms with Gasteiger partial charge in [0.2, 0.25) is 5.88 Å². The number of ether oxygens (including phenoxy) is 3. The van der Waals surface area contributed by atoms with Crippen LogP contribution >= 0.6 is 0 Å². The molecular weight excluding hydrogens is 462 g/mol. The average Bonchev–Trinajstić information content (AvgIpc) is 3.26. The maximum Gasteiger partial charge on any atom is 0.399 e. The fraction of sp³-hybridized carbons (Fsp3) is 0.385. The highest BCUT2D eigenvalue weighted by molar-refractivity contribution is 6.04. The van der Waals surface area contributed by atoms with E-state index in [-0.39, 0.29) is 40.9 Å². The number of hydrogen-bond donors (Lipinski definition) is 2. The van der Waals surface area contributed by atoms with Gasteiger partial charge in [0, 0.05) is 13.1 Å². The lowest BCUT2D eigenvalue weighted by Gasteiger charge is -2.27. The van der Waals surface area contributed by atoms with Gasteiger partial charge in [0.15, 0.2) is 5.69 Å². The molecule has 0 saturated carbocycles. The van der Waals surface area contributed by atoms with Crippen LogP contribution < -0.4 is 24.8 Å². The first kappa shape index (κ1) is 25.2. The third-order valence-electron chi connectivity index (χ3n) is 5.67. The maximum atomic E-state index is 13.0. The second-order valence-corrected chi connectivity index (χ2v) is 9.70. The number of carbonyl (C=O) groups excluding carboxylic acids is 1. The van der Waals surface area contributed by atoms with Crippen LogP contribution in [0.25, 0.3) is 5.57 Å². The van der Waals surface area contributed by atoms with E-state index in [9.17, 15) is 4.79 Å². The molecule has 10 heteroatoms. The molecule has 190 valence electrons. The second kappa shape index (κ2) is 9.98. The largest absolute Gasteiger partial charge is 0.479 e. The summed E-state index contributed by atoms with van der Waals surface area (Å²) in [5.41, 5.74) is 3.24. The van der Waals surface area contributed by atoms with Gasteiger partial charge >= 0.3 is 12.1 Å².